The van der Waals surface area contributed by atoms with E-state index in [1.54, 1.807) is 0 Å². The Morgan fingerprint density at radius 1 is 1.24 bits per heavy atom. The Hall–Kier alpha value is -3.76. The van der Waals surface area contributed by atoms with Gasteiger partial charge in [0.1, 0.15) is 6.61 Å². The number of aromatic amines is 1. The topological polar surface area (TPSA) is 128 Å². The molecule has 17 heteroatoms. The number of aliphatic hydroxyl groups is 1. The zero-order valence-corrected chi connectivity index (χ0v) is 19.3. The monoisotopic (exact) mass is 540 g/mol. The van der Waals surface area contributed by atoms with Gasteiger partial charge >= 0.3 is 18.0 Å². The number of alkyl halides is 6. The van der Waals surface area contributed by atoms with Crippen LogP contribution in [0.4, 0.5) is 30.7 Å². The minimum absolute atomic E-state index is 0.00697. The van der Waals surface area contributed by atoms with Gasteiger partial charge in [0.2, 0.25) is 5.88 Å². The van der Waals surface area contributed by atoms with E-state index in [1.165, 1.54) is 13.8 Å². The Labute approximate surface area is 202 Å². The zero-order chi connectivity index (χ0) is 27.9. The number of carbonyl (C=O) groups excluding carboxylic acids is 1. The van der Waals surface area contributed by atoms with Crippen LogP contribution in [0, 0.1) is 12.7 Å². The number of H-pyrrole nitrogens is 1. The number of nitrogens with one attached hydrogen (secondary N) is 1. The molecule has 3 aromatic rings. The number of nitrogens with zero attached hydrogens (tertiary/aromatic N) is 5. The molecule has 0 bridgehead atoms. The van der Waals surface area contributed by atoms with Gasteiger partial charge in [-0.15, -0.1) is 5.10 Å². The predicted octanol–water partition coefficient (Wildman–Crippen LogP) is 2.89. The van der Waals surface area contributed by atoms with Crippen LogP contribution in [0.3, 0.4) is 0 Å². The Morgan fingerprint density at radius 2 is 1.89 bits per heavy atom. The van der Waals surface area contributed by atoms with E-state index >= 15 is 4.39 Å². The van der Waals surface area contributed by atoms with Crippen molar-refractivity contribution in [3.63, 3.8) is 0 Å². The van der Waals surface area contributed by atoms with Gasteiger partial charge in [0, 0.05) is 24.2 Å². The molecule has 0 fully saturated rings. The first kappa shape index (κ1) is 27.8. The van der Waals surface area contributed by atoms with Crippen LogP contribution in [0.5, 0.6) is 5.88 Å². The van der Waals surface area contributed by atoms with Crippen molar-refractivity contribution in [2.45, 2.75) is 58.8 Å². The second-order valence-electron chi connectivity index (χ2n) is 7.73. The maximum absolute atomic E-state index is 15.0. The Bertz CT molecular complexity index is 1370. The first-order chi connectivity index (χ1) is 17.1. The van der Waals surface area contributed by atoms with Crippen LogP contribution < -0.4 is 10.4 Å². The Morgan fingerprint density at radius 3 is 2.41 bits per heavy atom. The summed E-state index contributed by atoms with van der Waals surface area (Å²) in [6.07, 6.45) is -13.5. The average molecular weight is 540 g/mol. The lowest BCUT2D eigenvalue weighted by Crippen LogP contribution is -2.32. The molecule has 0 radical (unpaired) electrons. The fourth-order valence-corrected chi connectivity index (χ4v) is 3.30. The number of carbonyl (C=O) groups is 1. The number of ether oxygens (including phenoxy) is 1. The highest BCUT2D eigenvalue weighted by Gasteiger charge is 2.40. The second-order valence-corrected chi connectivity index (χ2v) is 7.73. The van der Waals surface area contributed by atoms with Gasteiger partial charge in [0.15, 0.2) is 35.0 Å². The van der Waals surface area contributed by atoms with Crippen molar-refractivity contribution in [1.82, 2.24) is 29.5 Å². The summed E-state index contributed by atoms with van der Waals surface area (Å²) < 4.78 is 100. The SMILES string of the molecule is CCn1c(CO)nn(-c2nc(O[C@@H](C)C(F)(F)F)c(C(=O)Cc3c(C(F)(F)F)n[nH]c3C)cc2F)c1=O. The smallest absolute Gasteiger partial charge is 0.435 e. The van der Waals surface area contributed by atoms with Crippen molar-refractivity contribution < 1.29 is 45.4 Å². The number of aliphatic hydroxyl groups excluding tert-OH is 1. The molecule has 202 valence electrons. The van der Waals surface area contributed by atoms with Crippen molar-refractivity contribution in [1.29, 1.82) is 0 Å². The van der Waals surface area contributed by atoms with Gasteiger partial charge in [-0.25, -0.2) is 9.18 Å². The number of aryl methyl sites for hydroxylation is 1. The highest BCUT2D eigenvalue weighted by Crippen LogP contribution is 2.33. The number of ketones is 1. The van der Waals surface area contributed by atoms with Crippen LogP contribution in [0.15, 0.2) is 10.9 Å². The molecule has 3 aromatic heterocycles. The Kier molecular flexibility index (Phi) is 7.48. The van der Waals surface area contributed by atoms with Crippen molar-refractivity contribution in [2.24, 2.45) is 0 Å². The molecule has 0 amide bonds. The summed E-state index contributed by atoms with van der Waals surface area (Å²) in [5.74, 6) is -4.94. The molecule has 0 aliphatic carbocycles. The van der Waals surface area contributed by atoms with Crippen molar-refractivity contribution in [2.75, 3.05) is 0 Å². The third kappa shape index (κ3) is 5.50. The van der Waals surface area contributed by atoms with E-state index in [4.69, 9.17) is 4.74 Å². The van der Waals surface area contributed by atoms with E-state index in [1.807, 2.05) is 0 Å². The third-order valence-electron chi connectivity index (χ3n) is 5.25. The van der Waals surface area contributed by atoms with Crippen LogP contribution in [0.1, 0.15) is 47.0 Å². The zero-order valence-electron chi connectivity index (χ0n) is 19.3. The first-order valence-electron chi connectivity index (χ1n) is 10.5. The van der Waals surface area contributed by atoms with E-state index in [-0.39, 0.29) is 18.1 Å². The predicted molar refractivity (Wildman–Crippen MR) is 110 cm³/mol. The molecule has 3 heterocycles. The molecule has 0 aliphatic rings. The molecular formula is C20H19F7N6O4. The van der Waals surface area contributed by atoms with Crippen LogP contribution in [0.2, 0.25) is 0 Å². The van der Waals surface area contributed by atoms with Crippen molar-refractivity contribution in [3.05, 3.63) is 50.7 Å². The fraction of sp³-hybridized carbons (Fsp3) is 0.450. The van der Waals surface area contributed by atoms with Gasteiger partial charge in [-0.2, -0.15) is 41.1 Å². The summed E-state index contributed by atoms with van der Waals surface area (Å²) in [6, 6.07) is 0.391. The van der Waals surface area contributed by atoms with Crippen molar-refractivity contribution in [3.8, 4) is 11.7 Å². The minimum atomic E-state index is -4.97. The molecule has 37 heavy (non-hydrogen) atoms. The second kappa shape index (κ2) is 9.95. The van der Waals surface area contributed by atoms with Crippen LogP contribution >= 0.6 is 0 Å². The van der Waals surface area contributed by atoms with Crippen LogP contribution in [-0.2, 0) is 25.7 Å². The van der Waals surface area contributed by atoms with Gasteiger partial charge < -0.3 is 9.84 Å². The highest BCUT2D eigenvalue weighted by molar-refractivity contribution is 5.99. The normalized spacial score (nSPS) is 13.2. The number of Topliss-reactive ketones (excluding diaryl/α,β-unsaturated/α-hetero) is 1. The standard InChI is InChI=1S/C20H19F7N6O4/c1-4-32-14(7-34)31-33(18(32)36)16-12(21)5-11(17(28-16)37-9(3)19(22,23)24)13(35)6-10-8(2)29-30-15(10)20(25,26)27/h5,9,34H,4,6-7H2,1-3H3,(H,29,30)/t9-/m0/s1. The number of pyridine rings is 1. The summed E-state index contributed by atoms with van der Waals surface area (Å²) >= 11 is 0. The maximum atomic E-state index is 15.0. The molecular weight excluding hydrogens is 521 g/mol. The summed E-state index contributed by atoms with van der Waals surface area (Å²) in [5, 5.41) is 18.3. The van der Waals surface area contributed by atoms with Crippen LogP contribution in [-0.4, -0.2) is 52.7 Å². The molecule has 0 saturated carbocycles. The molecule has 0 aromatic carbocycles. The summed E-state index contributed by atoms with van der Waals surface area (Å²) in [6.45, 7) is 2.50. The molecule has 0 spiro atoms. The van der Waals surface area contributed by atoms with Gasteiger partial charge in [-0.05, 0) is 26.8 Å². The van der Waals surface area contributed by atoms with E-state index in [0.717, 1.165) is 4.57 Å². The lowest BCUT2D eigenvalue weighted by molar-refractivity contribution is -0.190. The van der Waals surface area contributed by atoms with Crippen LogP contribution in [0.25, 0.3) is 5.82 Å². The van der Waals surface area contributed by atoms with Gasteiger partial charge in [0.05, 0.1) is 5.56 Å². The fourth-order valence-electron chi connectivity index (χ4n) is 3.30. The molecule has 2 N–H and O–H groups in total. The largest absolute Gasteiger partial charge is 0.464 e. The summed E-state index contributed by atoms with van der Waals surface area (Å²) in [7, 11) is 0. The number of rotatable bonds is 8. The van der Waals surface area contributed by atoms with E-state index in [0.29, 0.717) is 17.7 Å². The number of hydrogen-bond donors (Lipinski definition) is 2. The number of halogens is 7. The van der Waals surface area contributed by atoms with E-state index < -0.39 is 77.3 Å². The van der Waals surface area contributed by atoms with E-state index in [9.17, 15) is 41.0 Å². The maximum Gasteiger partial charge on any atom is 0.435 e. The third-order valence-corrected chi connectivity index (χ3v) is 5.25. The minimum Gasteiger partial charge on any atom is -0.464 e. The average Bonchev–Trinajstić information content (AvgIpc) is 3.32. The van der Waals surface area contributed by atoms with Gasteiger partial charge in [-0.3, -0.25) is 14.5 Å². The molecule has 0 saturated heterocycles. The number of hydrogen-bond acceptors (Lipinski definition) is 7. The molecule has 0 aliphatic heterocycles. The molecule has 1 atom stereocenters. The summed E-state index contributed by atoms with van der Waals surface area (Å²) in [4.78, 5) is 29.0. The van der Waals surface area contributed by atoms with E-state index in [2.05, 4.69) is 20.3 Å². The molecule has 0 unspecified atom stereocenters. The highest BCUT2D eigenvalue weighted by atomic mass is 19.4. The van der Waals surface area contributed by atoms with Crippen molar-refractivity contribution >= 4 is 5.78 Å². The Balaban J connectivity index is 2.16. The summed E-state index contributed by atoms with van der Waals surface area (Å²) in [5.41, 5.74) is -4.10. The quantitative estimate of drug-likeness (QED) is 0.332. The van der Waals surface area contributed by atoms with Gasteiger partial charge in [0.25, 0.3) is 0 Å². The number of aromatic nitrogens is 6. The first-order valence-corrected chi connectivity index (χ1v) is 10.5. The molecule has 3 rings (SSSR count). The lowest BCUT2D eigenvalue weighted by Gasteiger charge is -2.19. The van der Waals surface area contributed by atoms with Gasteiger partial charge in [-0.1, -0.05) is 0 Å². The lowest BCUT2D eigenvalue weighted by atomic mass is 10.0. The molecule has 10 nitrogen and oxygen atoms in total.